The molecular formula is C24H25N9O3. The number of anilines is 1. The summed E-state index contributed by atoms with van der Waals surface area (Å²) in [4.78, 5) is 23.3. The fraction of sp³-hybridized carbons (Fsp3) is 0.375. The Balaban J connectivity index is 1.05. The SMILES string of the molecule is COCc1ccc2c(c1)CC(Nc1ncc(-c3nnc(CC(=O)N4CCc5[nH]nnc5C4)o3)cn1)C2. The third-order valence-corrected chi connectivity index (χ3v) is 6.54. The Morgan fingerprint density at radius 3 is 2.92 bits per heavy atom. The monoisotopic (exact) mass is 487 g/mol. The number of amides is 1. The molecule has 2 aliphatic rings. The van der Waals surface area contributed by atoms with Gasteiger partial charge in [-0.2, -0.15) is 0 Å². The maximum Gasteiger partial charge on any atom is 0.250 e. The molecule has 12 nitrogen and oxygen atoms in total. The Labute approximate surface area is 206 Å². The van der Waals surface area contributed by atoms with Crippen LogP contribution in [0.1, 0.15) is 34.0 Å². The van der Waals surface area contributed by atoms with E-state index in [-0.39, 0.29) is 30.2 Å². The van der Waals surface area contributed by atoms with Crippen LogP contribution >= 0.6 is 0 Å². The van der Waals surface area contributed by atoms with Gasteiger partial charge >= 0.3 is 0 Å². The van der Waals surface area contributed by atoms with Gasteiger partial charge in [-0.3, -0.25) is 9.89 Å². The van der Waals surface area contributed by atoms with E-state index < -0.39 is 0 Å². The lowest BCUT2D eigenvalue weighted by atomic mass is 10.1. The molecule has 4 heterocycles. The Morgan fingerprint density at radius 2 is 2.06 bits per heavy atom. The van der Waals surface area contributed by atoms with Crippen molar-refractivity contribution in [2.45, 2.75) is 44.9 Å². The average Bonchev–Trinajstić information content (AvgIpc) is 3.63. The van der Waals surface area contributed by atoms with Crippen LogP contribution in [0.4, 0.5) is 5.95 Å². The number of nitrogens with one attached hydrogen (secondary N) is 2. The van der Waals surface area contributed by atoms with Gasteiger partial charge in [0.2, 0.25) is 17.7 Å². The normalized spacial score (nSPS) is 16.6. The first-order valence-corrected chi connectivity index (χ1v) is 11.8. The van der Waals surface area contributed by atoms with Crippen molar-refractivity contribution >= 4 is 11.9 Å². The molecule has 1 unspecified atom stereocenters. The van der Waals surface area contributed by atoms with Gasteiger partial charge in [-0.05, 0) is 29.5 Å². The molecule has 0 saturated heterocycles. The molecule has 1 aromatic carbocycles. The number of aromatic amines is 1. The van der Waals surface area contributed by atoms with E-state index in [0.717, 1.165) is 24.2 Å². The minimum Gasteiger partial charge on any atom is -0.420 e. The number of aromatic nitrogens is 7. The summed E-state index contributed by atoms with van der Waals surface area (Å²) in [5.41, 5.74) is 6.21. The van der Waals surface area contributed by atoms with Gasteiger partial charge < -0.3 is 19.4 Å². The Kier molecular flexibility index (Phi) is 5.85. The summed E-state index contributed by atoms with van der Waals surface area (Å²) < 4.78 is 11.0. The molecule has 3 aromatic heterocycles. The number of methoxy groups -OCH3 is 1. The Bertz CT molecular complexity index is 1380. The van der Waals surface area contributed by atoms with E-state index in [1.807, 2.05) is 0 Å². The van der Waals surface area contributed by atoms with Crippen LogP contribution < -0.4 is 5.32 Å². The molecule has 4 aromatic rings. The first kappa shape index (κ1) is 22.3. The molecule has 0 spiro atoms. The second kappa shape index (κ2) is 9.46. The van der Waals surface area contributed by atoms with Crippen molar-refractivity contribution in [2.24, 2.45) is 0 Å². The fourth-order valence-corrected chi connectivity index (χ4v) is 4.73. The number of rotatable bonds is 7. The minimum absolute atomic E-state index is 0.0228. The number of benzene rings is 1. The lowest BCUT2D eigenvalue weighted by molar-refractivity contribution is -0.131. The molecule has 12 heteroatoms. The maximum atomic E-state index is 12.7. The average molecular weight is 488 g/mol. The highest BCUT2D eigenvalue weighted by atomic mass is 16.5. The minimum atomic E-state index is -0.0958. The number of ether oxygens (including phenoxy) is 1. The second-order valence-electron chi connectivity index (χ2n) is 9.06. The second-order valence-corrected chi connectivity index (χ2v) is 9.06. The van der Waals surface area contributed by atoms with E-state index in [1.165, 1.54) is 16.7 Å². The zero-order valence-corrected chi connectivity index (χ0v) is 19.8. The highest BCUT2D eigenvalue weighted by Crippen LogP contribution is 2.26. The van der Waals surface area contributed by atoms with Crippen molar-refractivity contribution < 1.29 is 13.9 Å². The molecule has 36 heavy (non-hydrogen) atoms. The van der Waals surface area contributed by atoms with Crippen LogP contribution in [0.25, 0.3) is 11.5 Å². The van der Waals surface area contributed by atoms with E-state index in [1.54, 1.807) is 24.4 Å². The number of nitrogens with zero attached hydrogens (tertiary/aromatic N) is 7. The highest BCUT2D eigenvalue weighted by Gasteiger charge is 2.25. The zero-order chi connectivity index (χ0) is 24.5. The van der Waals surface area contributed by atoms with Gasteiger partial charge in [0.15, 0.2) is 0 Å². The predicted octanol–water partition coefficient (Wildman–Crippen LogP) is 1.50. The van der Waals surface area contributed by atoms with E-state index >= 15 is 0 Å². The topological polar surface area (TPSA) is 148 Å². The van der Waals surface area contributed by atoms with Gasteiger partial charge in [-0.15, -0.1) is 15.3 Å². The maximum absolute atomic E-state index is 12.7. The summed E-state index contributed by atoms with van der Waals surface area (Å²) in [5, 5.41) is 22.2. The van der Waals surface area contributed by atoms with Gasteiger partial charge in [0.05, 0.1) is 24.4 Å². The third-order valence-electron chi connectivity index (χ3n) is 6.54. The molecule has 2 N–H and O–H groups in total. The van der Waals surface area contributed by atoms with Crippen molar-refractivity contribution in [3.8, 4) is 11.5 Å². The predicted molar refractivity (Wildman–Crippen MR) is 127 cm³/mol. The number of carbonyl (C=O) groups is 1. The quantitative estimate of drug-likeness (QED) is 0.393. The molecular weight excluding hydrogens is 462 g/mol. The summed E-state index contributed by atoms with van der Waals surface area (Å²) in [6, 6.07) is 6.72. The van der Waals surface area contributed by atoms with E-state index in [4.69, 9.17) is 9.15 Å². The highest BCUT2D eigenvalue weighted by molar-refractivity contribution is 5.78. The van der Waals surface area contributed by atoms with E-state index in [9.17, 15) is 4.79 Å². The fourth-order valence-electron chi connectivity index (χ4n) is 4.73. The number of carbonyl (C=O) groups excluding carboxylic acids is 1. The number of fused-ring (bicyclic) bond motifs is 2. The summed E-state index contributed by atoms with van der Waals surface area (Å²) in [7, 11) is 1.71. The number of hydrogen-bond donors (Lipinski definition) is 2. The van der Waals surface area contributed by atoms with Crippen molar-refractivity contribution in [1.29, 1.82) is 0 Å². The largest absolute Gasteiger partial charge is 0.420 e. The van der Waals surface area contributed by atoms with Crippen molar-refractivity contribution in [2.75, 3.05) is 19.0 Å². The van der Waals surface area contributed by atoms with E-state index in [0.29, 0.717) is 37.6 Å². The van der Waals surface area contributed by atoms with Crippen LogP contribution in [0.3, 0.4) is 0 Å². The zero-order valence-electron chi connectivity index (χ0n) is 19.8. The van der Waals surface area contributed by atoms with Crippen LogP contribution in [-0.4, -0.2) is 66.1 Å². The van der Waals surface area contributed by atoms with Gasteiger partial charge in [-0.1, -0.05) is 23.4 Å². The smallest absolute Gasteiger partial charge is 0.250 e. The molecule has 1 amide bonds. The lowest BCUT2D eigenvalue weighted by Gasteiger charge is -2.25. The molecule has 1 aliphatic carbocycles. The lowest BCUT2D eigenvalue weighted by Crippen LogP contribution is -2.37. The Morgan fingerprint density at radius 1 is 1.19 bits per heavy atom. The van der Waals surface area contributed by atoms with Gasteiger partial charge in [0.25, 0.3) is 5.89 Å². The molecule has 6 rings (SSSR count). The standard InChI is InChI=1S/C24H25N9O3/c1-35-13-14-2-3-15-7-18(8-16(15)6-14)27-24-25-10-17(11-26-24)23-31-30-21(36-23)9-22(34)33-5-4-19-20(12-33)29-32-28-19/h2-3,6,10-11,18H,4-5,7-9,12-13H2,1H3,(H,25,26,27)(H,28,29,32). The van der Waals surface area contributed by atoms with Gasteiger partial charge in [0, 0.05) is 38.5 Å². The third kappa shape index (κ3) is 4.54. The van der Waals surface area contributed by atoms with Crippen LogP contribution in [0, 0.1) is 0 Å². The van der Waals surface area contributed by atoms with Gasteiger partial charge in [0.1, 0.15) is 12.1 Å². The molecule has 1 aliphatic heterocycles. The van der Waals surface area contributed by atoms with Crippen LogP contribution in [-0.2, 0) is 48.4 Å². The van der Waals surface area contributed by atoms with E-state index in [2.05, 4.69) is 59.1 Å². The number of hydrogen-bond acceptors (Lipinski definition) is 10. The summed E-state index contributed by atoms with van der Waals surface area (Å²) >= 11 is 0. The van der Waals surface area contributed by atoms with Crippen molar-refractivity contribution in [3.05, 3.63) is 64.6 Å². The van der Waals surface area contributed by atoms with Crippen LogP contribution in [0.2, 0.25) is 0 Å². The molecule has 0 saturated carbocycles. The first-order chi connectivity index (χ1) is 17.6. The number of H-pyrrole nitrogens is 1. The summed E-state index contributed by atoms with van der Waals surface area (Å²) in [5.74, 6) is 0.975. The van der Waals surface area contributed by atoms with Crippen LogP contribution in [0.5, 0.6) is 0 Å². The van der Waals surface area contributed by atoms with Gasteiger partial charge in [-0.25, -0.2) is 9.97 Å². The first-order valence-electron chi connectivity index (χ1n) is 11.8. The van der Waals surface area contributed by atoms with Crippen molar-refractivity contribution in [3.63, 3.8) is 0 Å². The molecule has 184 valence electrons. The molecule has 1 atom stereocenters. The molecule has 0 bridgehead atoms. The summed E-state index contributed by atoms with van der Waals surface area (Å²) in [6.45, 7) is 1.64. The van der Waals surface area contributed by atoms with Crippen molar-refractivity contribution in [1.82, 2.24) is 40.5 Å². The molecule has 0 fully saturated rings. The molecule has 0 radical (unpaired) electrons. The summed E-state index contributed by atoms with van der Waals surface area (Å²) in [6.07, 6.45) is 5.84. The van der Waals surface area contributed by atoms with Crippen LogP contribution in [0.15, 0.2) is 35.0 Å². The Hall–Kier alpha value is -4.19.